The number of nitrogens with zero attached hydrogens (tertiary/aromatic N) is 2. The summed E-state index contributed by atoms with van der Waals surface area (Å²) in [4.78, 5) is 16.9. The number of amides is 1. The van der Waals surface area contributed by atoms with Crippen molar-refractivity contribution < 1.29 is 9.53 Å². The average Bonchev–Trinajstić information content (AvgIpc) is 3.05. The molecule has 2 aliphatic rings. The maximum atomic E-state index is 12.5. The second-order valence-corrected chi connectivity index (χ2v) is 5.74. The first-order valence-electron chi connectivity index (χ1n) is 7.68. The maximum absolute atomic E-state index is 12.5. The average molecular weight is 289 g/mol. The lowest BCUT2D eigenvalue weighted by atomic mass is 10.1. The van der Waals surface area contributed by atoms with Crippen LogP contribution in [0.1, 0.15) is 22.3 Å². The number of nitrogens with two attached hydrogens (primary N) is 1. The number of carbonyl (C=O) groups excluding carboxylic acids is 1. The molecular formula is C16H23N3O2. The number of hydrogen-bond acceptors (Lipinski definition) is 4. The van der Waals surface area contributed by atoms with E-state index in [-0.39, 0.29) is 5.91 Å². The third-order valence-corrected chi connectivity index (χ3v) is 4.45. The molecule has 0 spiro atoms. The fourth-order valence-electron chi connectivity index (χ4n) is 3.13. The minimum Gasteiger partial charge on any atom is -0.379 e. The van der Waals surface area contributed by atoms with Crippen molar-refractivity contribution in [3.8, 4) is 0 Å². The van der Waals surface area contributed by atoms with Crippen molar-refractivity contribution in [2.45, 2.75) is 19.0 Å². The number of morpholine rings is 1. The minimum atomic E-state index is 0.134. The van der Waals surface area contributed by atoms with E-state index in [0.29, 0.717) is 12.6 Å². The Labute approximate surface area is 125 Å². The van der Waals surface area contributed by atoms with E-state index in [0.717, 1.165) is 56.9 Å². The number of ether oxygens (including phenoxy) is 1. The molecule has 0 unspecified atom stereocenters. The largest absolute Gasteiger partial charge is 0.379 e. The third kappa shape index (κ3) is 3.26. The van der Waals surface area contributed by atoms with Crippen molar-refractivity contribution in [1.82, 2.24) is 9.80 Å². The molecule has 2 saturated heterocycles. The highest BCUT2D eigenvalue weighted by atomic mass is 16.5. The van der Waals surface area contributed by atoms with Gasteiger partial charge >= 0.3 is 0 Å². The van der Waals surface area contributed by atoms with Crippen LogP contribution in [0.25, 0.3) is 0 Å². The van der Waals surface area contributed by atoms with Gasteiger partial charge in [-0.15, -0.1) is 0 Å². The highest BCUT2D eigenvalue weighted by molar-refractivity contribution is 5.94. The monoisotopic (exact) mass is 289 g/mol. The highest BCUT2D eigenvalue weighted by Gasteiger charge is 2.31. The number of hydrogen-bond donors (Lipinski definition) is 1. The summed E-state index contributed by atoms with van der Waals surface area (Å²) >= 11 is 0. The van der Waals surface area contributed by atoms with E-state index in [4.69, 9.17) is 10.5 Å². The molecule has 2 heterocycles. The quantitative estimate of drug-likeness (QED) is 0.889. The van der Waals surface area contributed by atoms with Crippen molar-refractivity contribution in [1.29, 1.82) is 0 Å². The van der Waals surface area contributed by atoms with Gasteiger partial charge < -0.3 is 15.4 Å². The molecule has 2 fully saturated rings. The Kier molecular flexibility index (Phi) is 4.53. The van der Waals surface area contributed by atoms with E-state index < -0.39 is 0 Å². The standard InChI is InChI=1S/C16H23N3O2/c17-11-13-1-3-14(4-2-13)16(20)19-6-5-15(12-19)18-7-9-21-10-8-18/h1-4,15H,5-12,17H2/t15-/m1/s1. The van der Waals surface area contributed by atoms with Crippen molar-refractivity contribution >= 4 is 5.91 Å². The van der Waals surface area contributed by atoms with Gasteiger partial charge in [0.25, 0.3) is 5.91 Å². The molecule has 0 saturated carbocycles. The Bertz CT molecular complexity index is 483. The Morgan fingerprint density at radius 3 is 2.57 bits per heavy atom. The zero-order valence-electron chi connectivity index (χ0n) is 12.3. The van der Waals surface area contributed by atoms with Gasteiger partial charge in [-0.05, 0) is 24.1 Å². The van der Waals surface area contributed by atoms with Crippen molar-refractivity contribution in [3.05, 3.63) is 35.4 Å². The van der Waals surface area contributed by atoms with Gasteiger partial charge in [0.2, 0.25) is 0 Å². The zero-order valence-corrected chi connectivity index (χ0v) is 12.3. The van der Waals surface area contributed by atoms with E-state index in [1.54, 1.807) is 0 Å². The first-order valence-corrected chi connectivity index (χ1v) is 7.68. The molecule has 5 nitrogen and oxygen atoms in total. The van der Waals surface area contributed by atoms with Crippen LogP contribution in [0.5, 0.6) is 0 Å². The number of likely N-dealkylation sites (tertiary alicyclic amines) is 1. The number of benzene rings is 1. The molecule has 1 aromatic carbocycles. The Hall–Kier alpha value is -1.43. The molecule has 5 heteroatoms. The maximum Gasteiger partial charge on any atom is 0.253 e. The molecule has 2 N–H and O–H groups in total. The van der Waals surface area contributed by atoms with Crippen LogP contribution in [0.3, 0.4) is 0 Å². The van der Waals surface area contributed by atoms with Gasteiger partial charge in [0.05, 0.1) is 13.2 Å². The Balaban J connectivity index is 1.60. The fraction of sp³-hybridized carbons (Fsp3) is 0.562. The van der Waals surface area contributed by atoms with Gasteiger partial charge in [-0.1, -0.05) is 12.1 Å². The van der Waals surface area contributed by atoms with Gasteiger partial charge in [0.1, 0.15) is 0 Å². The topological polar surface area (TPSA) is 58.8 Å². The predicted molar refractivity (Wildman–Crippen MR) is 81.0 cm³/mol. The summed E-state index contributed by atoms with van der Waals surface area (Å²) in [5.74, 6) is 0.134. The number of carbonyl (C=O) groups is 1. The van der Waals surface area contributed by atoms with Gasteiger partial charge in [-0.2, -0.15) is 0 Å². The molecular weight excluding hydrogens is 266 g/mol. The summed E-state index contributed by atoms with van der Waals surface area (Å²) in [5, 5.41) is 0. The van der Waals surface area contributed by atoms with Crippen LogP contribution < -0.4 is 5.73 Å². The Morgan fingerprint density at radius 1 is 1.19 bits per heavy atom. The lowest BCUT2D eigenvalue weighted by Gasteiger charge is -2.32. The molecule has 0 aromatic heterocycles. The molecule has 0 bridgehead atoms. The smallest absolute Gasteiger partial charge is 0.253 e. The van der Waals surface area contributed by atoms with Gasteiger partial charge in [-0.3, -0.25) is 9.69 Å². The zero-order chi connectivity index (χ0) is 14.7. The van der Waals surface area contributed by atoms with E-state index in [1.807, 2.05) is 29.2 Å². The lowest BCUT2D eigenvalue weighted by Crippen LogP contribution is -2.45. The summed E-state index contributed by atoms with van der Waals surface area (Å²) in [6.45, 7) is 5.78. The minimum absolute atomic E-state index is 0.134. The van der Waals surface area contributed by atoms with E-state index in [9.17, 15) is 4.79 Å². The normalized spacial score (nSPS) is 23.5. The summed E-state index contributed by atoms with van der Waals surface area (Å²) < 4.78 is 5.39. The Morgan fingerprint density at radius 2 is 1.90 bits per heavy atom. The highest BCUT2D eigenvalue weighted by Crippen LogP contribution is 2.19. The predicted octanol–water partition coefficient (Wildman–Crippen LogP) is 0.692. The van der Waals surface area contributed by atoms with Crippen LogP contribution in [0.4, 0.5) is 0 Å². The van der Waals surface area contributed by atoms with Crippen molar-refractivity contribution in [2.24, 2.45) is 5.73 Å². The molecule has 1 amide bonds. The van der Waals surface area contributed by atoms with Crippen molar-refractivity contribution in [3.63, 3.8) is 0 Å². The van der Waals surface area contributed by atoms with E-state index in [2.05, 4.69) is 4.90 Å². The van der Waals surface area contributed by atoms with Crippen LogP contribution in [0.15, 0.2) is 24.3 Å². The SMILES string of the molecule is NCc1ccc(C(=O)N2CC[C@@H](N3CCOCC3)C2)cc1. The van der Waals surface area contributed by atoms with Gasteiger partial charge in [0, 0.05) is 44.3 Å². The molecule has 1 aromatic rings. The summed E-state index contributed by atoms with van der Waals surface area (Å²) in [7, 11) is 0. The first kappa shape index (κ1) is 14.5. The van der Waals surface area contributed by atoms with Crippen LogP contribution in [0.2, 0.25) is 0 Å². The molecule has 0 aliphatic carbocycles. The van der Waals surface area contributed by atoms with Crippen LogP contribution in [-0.2, 0) is 11.3 Å². The summed E-state index contributed by atoms with van der Waals surface area (Å²) in [6.07, 6.45) is 1.06. The fourth-order valence-corrected chi connectivity index (χ4v) is 3.13. The molecule has 114 valence electrons. The first-order chi connectivity index (χ1) is 10.3. The lowest BCUT2D eigenvalue weighted by molar-refractivity contribution is 0.0185. The van der Waals surface area contributed by atoms with Crippen molar-refractivity contribution in [2.75, 3.05) is 39.4 Å². The van der Waals surface area contributed by atoms with Crippen LogP contribution >= 0.6 is 0 Å². The molecule has 2 aliphatic heterocycles. The van der Waals surface area contributed by atoms with Gasteiger partial charge in [-0.25, -0.2) is 0 Å². The van der Waals surface area contributed by atoms with E-state index >= 15 is 0 Å². The number of rotatable bonds is 3. The van der Waals surface area contributed by atoms with E-state index in [1.165, 1.54) is 0 Å². The molecule has 1 atom stereocenters. The van der Waals surface area contributed by atoms with Crippen LogP contribution in [0, 0.1) is 0 Å². The second kappa shape index (κ2) is 6.56. The summed E-state index contributed by atoms with van der Waals surface area (Å²) in [5.41, 5.74) is 7.40. The molecule has 21 heavy (non-hydrogen) atoms. The molecule has 3 rings (SSSR count). The van der Waals surface area contributed by atoms with Crippen LogP contribution in [-0.4, -0.2) is 61.1 Å². The third-order valence-electron chi connectivity index (χ3n) is 4.45. The van der Waals surface area contributed by atoms with Gasteiger partial charge in [0.15, 0.2) is 0 Å². The second-order valence-electron chi connectivity index (χ2n) is 5.74. The summed E-state index contributed by atoms with van der Waals surface area (Å²) in [6, 6.07) is 8.12. The molecule has 0 radical (unpaired) electrons.